The molecule has 0 amide bonds. The summed E-state index contributed by atoms with van der Waals surface area (Å²) in [5.41, 5.74) is 3.37. The molecular formula is C16H16N2OS. The summed E-state index contributed by atoms with van der Waals surface area (Å²) >= 11 is 1.64. The van der Waals surface area contributed by atoms with Crippen LogP contribution >= 0.6 is 11.3 Å². The van der Waals surface area contributed by atoms with Crippen LogP contribution in [0.15, 0.2) is 18.2 Å². The van der Waals surface area contributed by atoms with E-state index in [1.54, 1.807) is 11.3 Å². The van der Waals surface area contributed by atoms with Crippen molar-refractivity contribution in [1.29, 1.82) is 5.26 Å². The second-order valence-electron chi connectivity index (χ2n) is 5.22. The maximum absolute atomic E-state index is 8.84. The second-order valence-corrected chi connectivity index (χ2v) is 6.39. The Bertz CT molecular complexity index is 682. The van der Waals surface area contributed by atoms with Crippen molar-refractivity contribution >= 4 is 11.3 Å². The van der Waals surface area contributed by atoms with E-state index in [0.29, 0.717) is 18.9 Å². The fourth-order valence-corrected chi connectivity index (χ4v) is 3.39. The van der Waals surface area contributed by atoms with Crippen LogP contribution in [0.1, 0.15) is 35.2 Å². The number of fused-ring (bicyclic) bond motifs is 3. The highest BCUT2D eigenvalue weighted by Crippen LogP contribution is 2.39. The average molecular weight is 284 g/mol. The van der Waals surface area contributed by atoms with Crippen molar-refractivity contribution < 1.29 is 4.74 Å². The van der Waals surface area contributed by atoms with Gasteiger partial charge in [-0.3, -0.25) is 0 Å². The Morgan fingerprint density at radius 2 is 2.30 bits per heavy atom. The zero-order valence-electron chi connectivity index (χ0n) is 11.6. The zero-order valence-corrected chi connectivity index (χ0v) is 12.5. The Kier molecular flexibility index (Phi) is 3.45. The molecule has 1 aromatic carbocycles. The van der Waals surface area contributed by atoms with E-state index < -0.39 is 0 Å². The molecule has 0 unspecified atom stereocenters. The number of thiazole rings is 1. The van der Waals surface area contributed by atoms with E-state index in [1.807, 2.05) is 6.07 Å². The maximum atomic E-state index is 8.84. The van der Waals surface area contributed by atoms with Gasteiger partial charge in [-0.1, -0.05) is 19.9 Å². The number of hydrogen-bond donors (Lipinski definition) is 0. The minimum Gasteiger partial charge on any atom is -0.493 e. The number of nitriles is 1. The minimum absolute atomic E-state index is 0.387. The minimum atomic E-state index is 0.387. The van der Waals surface area contributed by atoms with E-state index in [-0.39, 0.29) is 0 Å². The van der Waals surface area contributed by atoms with Crippen molar-refractivity contribution in [2.45, 2.75) is 32.6 Å². The van der Waals surface area contributed by atoms with E-state index in [1.165, 1.54) is 10.4 Å². The lowest BCUT2D eigenvalue weighted by Crippen LogP contribution is -1.98. The van der Waals surface area contributed by atoms with Crippen molar-refractivity contribution in [1.82, 2.24) is 4.98 Å². The molecule has 1 aliphatic rings. The molecule has 4 heteroatoms. The Morgan fingerprint density at radius 3 is 3.05 bits per heavy atom. The van der Waals surface area contributed by atoms with Crippen molar-refractivity contribution in [3.8, 4) is 23.1 Å². The third kappa shape index (κ3) is 2.30. The summed E-state index contributed by atoms with van der Waals surface area (Å²) in [5, 5.41) is 9.74. The van der Waals surface area contributed by atoms with E-state index in [4.69, 9.17) is 10.00 Å². The van der Waals surface area contributed by atoms with Crippen LogP contribution < -0.4 is 4.74 Å². The van der Waals surface area contributed by atoms with E-state index in [2.05, 4.69) is 37.0 Å². The first-order chi connectivity index (χ1) is 9.69. The lowest BCUT2D eigenvalue weighted by Gasteiger charge is -2.11. The standard InChI is InChI=1S/C16H16N2OS/c1-10(2)11-3-4-13-12(9-11)16-14(6-8-19-13)20-15(18-16)5-7-17/h3-4,9-10H,5-6,8H2,1-2H3. The molecule has 3 rings (SSSR count). The monoisotopic (exact) mass is 284 g/mol. The van der Waals surface area contributed by atoms with Crippen molar-refractivity contribution in [3.05, 3.63) is 33.6 Å². The first-order valence-electron chi connectivity index (χ1n) is 6.81. The number of benzene rings is 1. The normalized spacial score (nSPS) is 13.1. The summed E-state index contributed by atoms with van der Waals surface area (Å²) in [5.74, 6) is 1.38. The summed E-state index contributed by atoms with van der Waals surface area (Å²) in [7, 11) is 0. The maximum Gasteiger partial charge on any atom is 0.128 e. The molecule has 0 spiro atoms. The van der Waals surface area contributed by atoms with E-state index in [9.17, 15) is 0 Å². The Morgan fingerprint density at radius 1 is 1.45 bits per heavy atom. The van der Waals surface area contributed by atoms with Gasteiger partial charge < -0.3 is 4.74 Å². The largest absolute Gasteiger partial charge is 0.493 e. The summed E-state index contributed by atoms with van der Waals surface area (Å²) in [6, 6.07) is 8.53. The lowest BCUT2D eigenvalue weighted by atomic mass is 9.98. The third-order valence-electron chi connectivity index (χ3n) is 3.48. The van der Waals surface area contributed by atoms with E-state index in [0.717, 1.165) is 28.4 Å². The molecule has 0 atom stereocenters. The van der Waals surface area contributed by atoms with Crippen LogP contribution in [0.5, 0.6) is 5.75 Å². The van der Waals surface area contributed by atoms with Gasteiger partial charge in [-0.2, -0.15) is 5.26 Å². The molecule has 2 heterocycles. The highest BCUT2D eigenvalue weighted by molar-refractivity contribution is 7.12. The molecule has 0 N–H and O–H groups in total. The van der Waals surface area contributed by atoms with Gasteiger partial charge in [-0.05, 0) is 23.6 Å². The van der Waals surface area contributed by atoms with Crippen molar-refractivity contribution in [2.24, 2.45) is 0 Å². The van der Waals surface area contributed by atoms with Crippen LogP contribution in [0.4, 0.5) is 0 Å². The van der Waals surface area contributed by atoms with Crippen LogP contribution in [-0.2, 0) is 12.8 Å². The van der Waals surface area contributed by atoms with Crippen LogP contribution in [0.2, 0.25) is 0 Å². The summed E-state index contributed by atoms with van der Waals surface area (Å²) < 4.78 is 5.83. The smallest absolute Gasteiger partial charge is 0.128 e. The number of ether oxygens (including phenoxy) is 1. The molecule has 0 fully saturated rings. The summed E-state index contributed by atoms with van der Waals surface area (Å²) in [4.78, 5) is 5.89. The molecule has 1 aromatic heterocycles. The number of rotatable bonds is 2. The zero-order chi connectivity index (χ0) is 14.1. The molecule has 0 saturated carbocycles. The van der Waals surface area contributed by atoms with Gasteiger partial charge in [0.25, 0.3) is 0 Å². The van der Waals surface area contributed by atoms with Crippen LogP contribution in [0, 0.1) is 11.3 Å². The average Bonchev–Trinajstić information content (AvgIpc) is 2.74. The lowest BCUT2D eigenvalue weighted by molar-refractivity contribution is 0.327. The molecule has 3 nitrogen and oxygen atoms in total. The molecule has 102 valence electrons. The molecule has 1 aliphatic heterocycles. The van der Waals surface area contributed by atoms with E-state index >= 15 is 0 Å². The summed E-state index contributed by atoms with van der Waals surface area (Å²) in [6.07, 6.45) is 1.25. The second kappa shape index (κ2) is 5.26. The molecule has 0 saturated heterocycles. The quantitative estimate of drug-likeness (QED) is 0.839. The van der Waals surface area contributed by atoms with Gasteiger partial charge in [0.15, 0.2) is 0 Å². The molecule has 0 radical (unpaired) electrons. The predicted molar refractivity (Wildman–Crippen MR) is 80.2 cm³/mol. The molecule has 0 bridgehead atoms. The Labute approximate surface area is 122 Å². The SMILES string of the molecule is CC(C)c1ccc2c(c1)-c1nc(CC#N)sc1CCO2. The first-order valence-corrected chi connectivity index (χ1v) is 7.63. The third-order valence-corrected chi connectivity index (χ3v) is 4.60. The molecule has 2 aromatic rings. The van der Waals surface area contributed by atoms with Crippen molar-refractivity contribution in [2.75, 3.05) is 6.61 Å². The van der Waals surface area contributed by atoms with Crippen LogP contribution in [0.25, 0.3) is 11.3 Å². The number of aromatic nitrogens is 1. The van der Waals surface area contributed by atoms with Gasteiger partial charge in [0.1, 0.15) is 10.8 Å². The van der Waals surface area contributed by atoms with Gasteiger partial charge in [0.2, 0.25) is 0 Å². The Balaban J connectivity index is 2.14. The van der Waals surface area contributed by atoms with Gasteiger partial charge in [-0.25, -0.2) is 4.98 Å². The van der Waals surface area contributed by atoms with Crippen molar-refractivity contribution in [3.63, 3.8) is 0 Å². The first kappa shape index (κ1) is 13.1. The number of nitrogens with zero attached hydrogens (tertiary/aromatic N) is 2. The molecule has 20 heavy (non-hydrogen) atoms. The van der Waals surface area contributed by atoms with Gasteiger partial charge >= 0.3 is 0 Å². The topological polar surface area (TPSA) is 45.9 Å². The van der Waals surface area contributed by atoms with Gasteiger partial charge in [0.05, 0.1) is 24.8 Å². The van der Waals surface area contributed by atoms with Gasteiger partial charge in [0, 0.05) is 16.9 Å². The predicted octanol–water partition coefficient (Wildman–Crippen LogP) is 3.93. The van der Waals surface area contributed by atoms with Crippen LogP contribution in [-0.4, -0.2) is 11.6 Å². The molecular weight excluding hydrogens is 268 g/mol. The molecule has 0 aliphatic carbocycles. The fraction of sp³-hybridized carbons (Fsp3) is 0.375. The fourth-order valence-electron chi connectivity index (χ4n) is 2.39. The highest BCUT2D eigenvalue weighted by atomic mass is 32.1. The van der Waals surface area contributed by atoms with Gasteiger partial charge in [-0.15, -0.1) is 11.3 Å². The highest BCUT2D eigenvalue weighted by Gasteiger charge is 2.21. The summed E-state index contributed by atoms with van der Waals surface area (Å²) in [6.45, 7) is 5.04. The Hall–Kier alpha value is -1.86. The number of hydrogen-bond acceptors (Lipinski definition) is 4. The van der Waals surface area contributed by atoms with Crippen LogP contribution in [0.3, 0.4) is 0 Å².